The number of ether oxygens (including phenoxy) is 2. The molecule has 0 saturated carbocycles. The van der Waals surface area contributed by atoms with Crippen molar-refractivity contribution < 1.29 is 14.3 Å². The first-order chi connectivity index (χ1) is 7.69. The number of rotatable bonds is 3. The minimum atomic E-state index is 0.0264. The summed E-state index contributed by atoms with van der Waals surface area (Å²) in [7, 11) is 3.16. The van der Waals surface area contributed by atoms with Crippen LogP contribution in [0.5, 0.6) is 11.5 Å². The second-order valence-corrected chi connectivity index (χ2v) is 3.48. The lowest BCUT2D eigenvalue weighted by Gasteiger charge is -2.08. The molecule has 0 aliphatic carbocycles. The minimum Gasteiger partial charge on any atom is -0.493 e. The van der Waals surface area contributed by atoms with Crippen molar-refractivity contribution in [2.24, 2.45) is 0 Å². The van der Waals surface area contributed by atoms with Gasteiger partial charge in [0, 0.05) is 17.1 Å². The van der Waals surface area contributed by atoms with Gasteiger partial charge >= 0.3 is 0 Å². The summed E-state index contributed by atoms with van der Waals surface area (Å²) in [6, 6.07) is 3.64. The smallest absolute Gasteiger partial charge is 0.184 e. The average Bonchev–Trinajstić information content (AvgIpc) is 2.71. The molecule has 0 aliphatic rings. The largest absolute Gasteiger partial charge is 0.493 e. The first-order valence-electron chi connectivity index (χ1n) is 4.92. The van der Waals surface area contributed by atoms with Crippen molar-refractivity contribution in [2.45, 2.75) is 6.92 Å². The lowest BCUT2D eigenvalue weighted by Crippen LogP contribution is -1.92. The van der Waals surface area contributed by atoms with Crippen LogP contribution in [0.25, 0.3) is 10.9 Å². The fourth-order valence-corrected chi connectivity index (χ4v) is 1.81. The molecule has 1 N–H and O–H groups in total. The number of nitrogens with one attached hydrogen (secondary N) is 1. The number of fused-ring (bicyclic) bond motifs is 1. The highest BCUT2D eigenvalue weighted by Gasteiger charge is 2.14. The summed E-state index contributed by atoms with van der Waals surface area (Å²) in [5, 5.41) is 0.852. The Bertz CT molecular complexity index is 542. The molecule has 1 aromatic carbocycles. The predicted octanol–water partition coefficient (Wildman–Crippen LogP) is 2.39. The van der Waals surface area contributed by atoms with Crippen LogP contribution < -0.4 is 9.47 Å². The third-order valence-corrected chi connectivity index (χ3v) is 2.58. The van der Waals surface area contributed by atoms with Crippen LogP contribution in [0.15, 0.2) is 18.3 Å². The van der Waals surface area contributed by atoms with Gasteiger partial charge in [-0.1, -0.05) is 0 Å². The first-order valence-corrected chi connectivity index (χ1v) is 4.92. The molecule has 1 heterocycles. The molecule has 16 heavy (non-hydrogen) atoms. The fraction of sp³-hybridized carbons (Fsp3) is 0.250. The molecular formula is C12H13NO3. The molecule has 0 radical (unpaired) electrons. The van der Waals surface area contributed by atoms with Crippen LogP contribution >= 0.6 is 0 Å². The van der Waals surface area contributed by atoms with Gasteiger partial charge in [-0.15, -0.1) is 0 Å². The number of H-pyrrole nitrogens is 1. The zero-order valence-electron chi connectivity index (χ0n) is 9.46. The van der Waals surface area contributed by atoms with Crippen LogP contribution in [0, 0.1) is 0 Å². The number of aromatic nitrogens is 1. The van der Waals surface area contributed by atoms with E-state index in [2.05, 4.69) is 4.98 Å². The van der Waals surface area contributed by atoms with E-state index < -0.39 is 0 Å². The van der Waals surface area contributed by atoms with Crippen LogP contribution in [-0.4, -0.2) is 25.0 Å². The SMILES string of the molecule is COc1ccc2c(C(C)=O)c[nH]c2c1OC. The van der Waals surface area contributed by atoms with Gasteiger partial charge < -0.3 is 14.5 Å². The monoisotopic (exact) mass is 219 g/mol. The van der Waals surface area contributed by atoms with E-state index >= 15 is 0 Å². The molecule has 0 fully saturated rings. The van der Waals surface area contributed by atoms with Gasteiger partial charge in [-0.3, -0.25) is 4.79 Å². The number of carbonyl (C=O) groups is 1. The summed E-state index contributed by atoms with van der Waals surface area (Å²) >= 11 is 0. The number of carbonyl (C=O) groups excluding carboxylic acids is 1. The van der Waals surface area contributed by atoms with E-state index in [1.54, 1.807) is 33.4 Å². The number of methoxy groups -OCH3 is 2. The normalized spacial score (nSPS) is 10.4. The van der Waals surface area contributed by atoms with Crippen LogP contribution in [0.1, 0.15) is 17.3 Å². The van der Waals surface area contributed by atoms with Crippen molar-refractivity contribution in [3.05, 3.63) is 23.9 Å². The highest BCUT2D eigenvalue weighted by molar-refractivity contribution is 6.08. The molecule has 0 atom stereocenters. The minimum absolute atomic E-state index is 0.0264. The number of Topliss-reactive ketones (excluding diaryl/α,β-unsaturated/α-hetero) is 1. The van der Waals surface area contributed by atoms with Crippen molar-refractivity contribution in [1.82, 2.24) is 4.98 Å². The Morgan fingerprint density at radius 3 is 2.56 bits per heavy atom. The molecule has 0 amide bonds. The van der Waals surface area contributed by atoms with Gasteiger partial charge in [0.15, 0.2) is 17.3 Å². The Morgan fingerprint density at radius 1 is 1.25 bits per heavy atom. The summed E-state index contributed by atoms with van der Waals surface area (Å²) in [4.78, 5) is 14.4. The Hall–Kier alpha value is -1.97. The van der Waals surface area contributed by atoms with Gasteiger partial charge in [-0.05, 0) is 19.1 Å². The molecule has 0 unspecified atom stereocenters. The quantitative estimate of drug-likeness (QED) is 0.806. The summed E-state index contributed by atoms with van der Waals surface area (Å²) in [6.07, 6.45) is 1.69. The zero-order chi connectivity index (χ0) is 11.7. The van der Waals surface area contributed by atoms with Gasteiger partial charge in [0.2, 0.25) is 0 Å². The van der Waals surface area contributed by atoms with Crippen molar-refractivity contribution in [1.29, 1.82) is 0 Å². The lowest BCUT2D eigenvalue weighted by atomic mass is 10.1. The molecule has 84 valence electrons. The average molecular weight is 219 g/mol. The number of benzene rings is 1. The summed E-state index contributed by atoms with van der Waals surface area (Å²) in [5.74, 6) is 1.29. The Balaban J connectivity index is 2.75. The number of ketones is 1. The van der Waals surface area contributed by atoms with E-state index in [1.807, 2.05) is 6.07 Å². The topological polar surface area (TPSA) is 51.3 Å². The molecule has 2 rings (SSSR count). The molecule has 0 aliphatic heterocycles. The second kappa shape index (κ2) is 3.89. The van der Waals surface area contributed by atoms with Gasteiger partial charge in [-0.25, -0.2) is 0 Å². The third-order valence-electron chi connectivity index (χ3n) is 2.58. The molecular weight excluding hydrogens is 206 g/mol. The summed E-state index contributed by atoms with van der Waals surface area (Å²) < 4.78 is 10.5. The Labute approximate surface area is 93.2 Å². The van der Waals surface area contributed by atoms with Gasteiger partial charge in [0.1, 0.15) is 0 Å². The van der Waals surface area contributed by atoms with Gasteiger partial charge in [-0.2, -0.15) is 0 Å². The second-order valence-electron chi connectivity index (χ2n) is 3.48. The molecule has 0 spiro atoms. The van der Waals surface area contributed by atoms with Crippen molar-refractivity contribution in [2.75, 3.05) is 14.2 Å². The molecule has 4 nitrogen and oxygen atoms in total. The highest BCUT2D eigenvalue weighted by atomic mass is 16.5. The number of aromatic amines is 1. The maximum atomic E-state index is 11.4. The summed E-state index contributed by atoms with van der Waals surface area (Å²) in [6.45, 7) is 1.54. The molecule has 4 heteroatoms. The molecule has 0 bridgehead atoms. The maximum absolute atomic E-state index is 11.4. The van der Waals surface area contributed by atoms with Crippen LogP contribution in [-0.2, 0) is 0 Å². The lowest BCUT2D eigenvalue weighted by molar-refractivity contribution is 0.101. The zero-order valence-corrected chi connectivity index (χ0v) is 9.46. The summed E-state index contributed by atoms with van der Waals surface area (Å²) in [5.41, 5.74) is 1.45. The fourth-order valence-electron chi connectivity index (χ4n) is 1.81. The Morgan fingerprint density at radius 2 is 2.00 bits per heavy atom. The van der Waals surface area contributed by atoms with E-state index in [4.69, 9.17) is 9.47 Å². The van der Waals surface area contributed by atoms with Crippen molar-refractivity contribution in [3.63, 3.8) is 0 Å². The Kier molecular flexibility index (Phi) is 2.56. The van der Waals surface area contributed by atoms with Crippen molar-refractivity contribution >= 4 is 16.7 Å². The molecule has 0 saturated heterocycles. The van der Waals surface area contributed by atoms with Crippen molar-refractivity contribution in [3.8, 4) is 11.5 Å². The standard InChI is InChI=1S/C12H13NO3/c1-7(14)9-6-13-11-8(9)4-5-10(15-2)12(11)16-3/h4-6,13H,1-3H3. The van der Waals surface area contributed by atoms with Gasteiger partial charge in [0.05, 0.1) is 19.7 Å². The molecule has 1 aromatic heterocycles. The van der Waals surface area contributed by atoms with E-state index in [1.165, 1.54) is 0 Å². The van der Waals surface area contributed by atoms with E-state index in [0.29, 0.717) is 17.1 Å². The van der Waals surface area contributed by atoms with Gasteiger partial charge in [0.25, 0.3) is 0 Å². The van der Waals surface area contributed by atoms with E-state index in [0.717, 1.165) is 10.9 Å². The van der Waals surface area contributed by atoms with Crippen LogP contribution in [0.4, 0.5) is 0 Å². The van der Waals surface area contributed by atoms with E-state index in [9.17, 15) is 4.79 Å². The highest BCUT2D eigenvalue weighted by Crippen LogP contribution is 2.35. The predicted molar refractivity (Wildman–Crippen MR) is 61.4 cm³/mol. The van der Waals surface area contributed by atoms with E-state index in [-0.39, 0.29) is 5.78 Å². The van der Waals surface area contributed by atoms with Crippen LogP contribution in [0.2, 0.25) is 0 Å². The molecule has 2 aromatic rings. The number of hydrogen-bond donors (Lipinski definition) is 1. The first kappa shape index (κ1) is 10.5. The maximum Gasteiger partial charge on any atom is 0.184 e. The van der Waals surface area contributed by atoms with Crippen LogP contribution in [0.3, 0.4) is 0 Å². The number of hydrogen-bond acceptors (Lipinski definition) is 3. The third kappa shape index (κ3) is 1.43.